The Morgan fingerprint density at radius 3 is 2.62 bits per heavy atom. The number of carbonyl (C=O) groups excluding carboxylic acids is 2. The minimum atomic E-state index is -0.682. The standard InChI is InChI=1S/C21H29N3O5/c1-6-28-19-13-16(8-9-18(19)29-15(2)21(26)24(3)4)12-17(14-22)20(25)23-10-7-11-27-5/h8-9,12-13,15H,6-7,10-11H2,1-5H3,(H,23,25)/b17-12+/t15-/m1/s1. The van der Waals surface area contributed by atoms with Gasteiger partial charge in [-0.05, 0) is 44.0 Å². The molecule has 0 fully saturated rings. The lowest BCUT2D eigenvalue weighted by Crippen LogP contribution is -2.35. The number of methoxy groups -OCH3 is 1. The zero-order valence-corrected chi connectivity index (χ0v) is 17.7. The zero-order chi connectivity index (χ0) is 21.8. The number of ether oxygens (including phenoxy) is 3. The van der Waals surface area contributed by atoms with Crippen LogP contribution in [0, 0.1) is 11.3 Å². The maximum Gasteiger partial charge on any atom is 0.262 e. The number of likely N-dealkylation sites (N-methyl/N-ethyl adjacent to an activating group) is 1. The molecule has 0 aromatic heterocycles. The molecule has 158 valence electrons. The second kappa shape index (κ2) is 12.4. The molecule has 0 heterocycles. The average Bonchev–Trinajstić information content (AvgIpc) is 2.70. The summed E-state index contributed by atoms with van der Waals surface area (Å²) in [4.78, 5) is 25.6. The van der Waals surface area contributed by atoms with Gasteiger partial charge >= 0.3 is 0 Å². The topological polar surface area (TPSA) is 101 Å². The third-order valence-electron chi connectivity index (χ3n) is 3.85. The molecule has 0 unspecified atom stereocenters. The van der Waals surface area contributed by atoms with E-state index in [9.17, 15) is 14.9 Å². The number of nitriles is 1. The van der Waals surface area contributed by atoms with E-state index in [1.54, 1.807) is 46.3 Å². The highest BCUT2D eigenvalue weighted by molar-refractivity contribution is 6.01. The second-order valence-corrected chi connectivity index (χ2v) is 6.40. The van der Waals surface area contributed by atoms with Crippen LogP contribution >= 0.6 is 0 Å². The van der Waals surface area contributed by atoms with E-state index in [-0.39, 0.29) is 11.5 Å². The lowest BCUT2D eigenvalue weighted by Gasteiger charge is -2.20. The van der Waals surface area contributed by atoms with Crippen molar-refractivity contribution < 1.29 is 23.8 Å². The van der Waals surface area contributed by atoms with Crippen molar-refractivity contribution in [2.75, 3.05) is 41.0 Å². The molecule has 1 aromatic rings. The number of nitrogens with zero attached hydrogens (tertiary/aromatic N) is 2. The molecule has 0 radical (unpaired) electrons. The van der Waals surface area contributed by atoms with Crippen LogP contribution in [0.4, 0.5) is 0 Å². The van der Waals surface area contributed by atoms with E-state index < -0.39 is 12.0 Å². The summed E-state index contributed by atoms with van der Waals surface area (Å²) in [5.41, 5.74) is 0.589. The fourth-order valence-corrected chi connectivity index (χ4v) is 2.41. The summed E-state index contributed by atoms with van der Waals surface area (Å²) in [5.74, 6) is 0.215. The number of benzene rings is 1. The lowest BCUT2D eigenvalue weighted by molar-refractivity contribution is -0.135. The number of nitrogens with one attached hydrogen (secondary N) is 1. The minimum Gasteiger partial charge on any atom is -0.490 e. The van der Waals surface area contributed by atoms with Crippen LogP contribution in [-0.4, -0.2) is 63.8 Å². The predicted octanol–water partition coefficient (Wildman–Crippen LogP) is 2.00. The van der Waals surface area contributed by atoms with Gasteiger partial charge < -0.3 is 24.4 Å². The van der Waals surface area contributed by atoms with E-state index in [2.05, 4.69) is 5.32 Å². The van der Waals surface area contributed by atoms with Gasteiger partial charge in [-0.25, -0.2) is 0 Å². The van der Waals surface area contributed by atoms with Crippen LogP contribution in [0.2, 0.25) is 0 Å². The van der Waals surface area contributed by atoms with Crippen molar-refractivity contribution in [3.05, 3.63) is 29.3 Å². The molecule has 8 nitrogen and oxygen atoms in total. The van der Waals surface area contributed by atoms with E-state index in [0.29, 0.717) is 43.2 Å². The molecule has 8 heteroatoms. The van der Waals surface area contributed by atoms with Crippen LogP contribution in [0.15, 0.2) is 23.8 Å². The summed E-state index contributed by atoms with van der Waals surface area (Å²) in [5, 5.41) is 12.0. The largest absolute Gasteiger partial charge is 0.490 e. The first-order valence-electron chi connectivity index (χ1n) is 9.37. The quantitative estimate of drug-likeness (QED) is 0.345. The summed E-state index contributed by atoms with van der Waals surface area (Å²) in [6.07, 6.45) is 1.45. The first kappa shape index (κ1) is 24.0. The van der Waals surface area contributed by atoms with E-state index in [4.69, 9.17) is 14.2 Å². The van der Waals surface area contributed by atoms with Crippen molar-refractivity contribution in [1.29, 1.82) is 5.26 Å². The molecule has 0 aliphatic carbocycles. The molecule has 1 N–H and O–H groups in total. The minimum absolute atomic E-state index is 0.0188. The molecule has 0 saturated heterocycles. The third kappa shape index (κ3) is 7.84. The van der Waals surface area contributed by atoms with E-state index in [1.807, 2.05) is 13.0 Å². The van der Waals surface area contributed by atoms with E-state index in [1.165, 1.54) is 11.0 Å². The molecule has 29 heavy (non-hydrogen) atoms. The van der Waals surface area contributed by atoms with Crippen LogP contribution < -0.4 is 14.8 Å². The Kier molecular flexibility index (Phi) is 10.3. The van der Waals surface area contributed by atoms with Gasteiger partial charge in [-0.3, -0.25) is 9.59 Å². The Balaban J connectivity index is 3.00. The molecule has 2 amide bonds. The molecule has 1 atom stereocenters. The maximum atomic E-state index is 12.2. The van der Waals surface area contributed by atoms with Gasteiger partial charge in [-0.2, -0.15) is 5.26 Å². The second-order valence-electron chi connectivity index (χ2n) is 6.40. The van der Waals surface area contributed by atoms with Crippen LogP contribution in [0.5, 0.6) is 11.5 Å². The summed E-state index contributed by atoms with van der Waals surface area (Å²) in [6, 6.07) is 6.93. The zero-order valence-electron chi connectivity index (χ0n) is 17.7. The molecule has 1 aromatic carbocycles. The van der Waals surface area contributed by atoms with Crippen molar-refractivity contribution in [2.45, 2.75) is 26.4 Å². The number of hydrogen-bond acceptors (Lipinski definition) is 6. The number of rotatable bonds is 11. The van der Waals surface area contributed by atoms with Gasteiger partial charge in [0.25, 0.3) is 11.8 Å². The molecule has 0 aliphatic rings. The Morgan fingerprint density at radius 2 is 2.03 bits per heavy atom. The Hall–Kier alpha value is -3.05. The van der Waals surface area contributed by atoms with Crippen LogP contribution in [0.3, 0.4) is 0 Å². The van der Waals surface area contributed by atoms with Gasteiger partial charge in [0, 0.05) is 34.4 Å². The fraction of sp³-hybridized carbons (Fsp3) is 0.476. The fourth-order valence-electron chi connectivity index (χ4n) is 2.41. The van der Waals surface area contributed by atoms with Gasteiger partial charge in [0.15, 0.2) is 17.6 Å². The lowest BCUT2D eigenvalue weighted by atomic mass is 10.1. The van der Waals surface area contributed by atoms with Gasteiger partial charge in [0.1, 0.15) is 11.6 Å². The van der Waals surface area contributed by atoms with Crippen molar-refractivity contribution in [3.8, 4) is 17.6 Å². The monoisotopic (exact) mass is 403 g/mol. The van der Waals surface area contributed by atoms with Gasteiger partial charge in [0.05, 0.1) is 6.61 Å². The first-order valence-corrected chi connectivity index (χ1v) is 9.37. The molecule has 0 saturated carbocycles. The summed E-state index contributed by atoms with van der Waals surface area (Å²) >= 11 is 0. The summed E-state index contributed by atoms with van der Waals surface area (Å²) in [7, 11) is 4.90. The van der Waals surface area contributed by atoms with Crippen molar-refractivity contribution in [2.24, 2.45) is 0 Å². The Morgan fingerprint density at radius 1 is 1.31 bits per heavy atom. The molecule has 0 spiro atoms. The Bertz CT molecular complexity index is 768. The normalized spacial score (nSPS) is 11.9. The summed E-state index contributed by atoms with van der Waals surface area (Å²) < 4.78 is 16.3. The average molecular weight is 403 g/mol. The maximum absolute atomic E-state index is 12.2. The van der Waals surface area contributed by atoms with Crippen LogP contribution in [0.1, 0.15) is 25.8 Å². The van der Waals surface area contributed by atoms with Crippen LogP contribution in [0.25, 0.3) is 6.08 Å². The molecule has 0 aliphatic heterocycles. The smallest absolute Gasteiger partial charge is 0.262 e. The molecular formula is C21H29N3O5. The highest BCUT2D eigenvalue weighted by Crippen LogP contribution is 2.30. The number of hydrogen-bond donors (Lipinski definition) is 1. The highest BCUT2D eigenvalue weighted by atomic mass is 16.5. The molecule has 0 bridgehead atoms. The van der Waals surface area contributed by atoms with Gasteiger partial charge in [0.2, 0.25) is 0 Å². The SMILES string of the molecule is CCOc1cc(/C=C(\C#N)C(=O)NCCCOC)ccc1O[C@H](C)C(=O)N(C)C. The molecule has 1 rings (SSSR count). The van der Waals surface area contributed by atoms with E-state index in [0.717, 1.165) is 0 Å². The van der Waals surface area contributed by atoms with Gasteiger partial charge in [-0.15, -0.1) is 0 Å². The number of carbonyl (C=O) groups is 2. The third-order valence-corrected chi connectivity index (χ3v) is 3.85. The van der Waals surface area contributed by atoms with Crippen molar-refractivity contribution in [3.63, 3.8) is 0 Å². The number of amides is 2. The van der Waals surface area contributed by atoms with Crippen molar-refractivity contribution >= 4 is 17.9 Å². The van der Waals surface area contributed by atoms with Gasteiger partial charge in [-0.1, -0.05) is 6.07 Å². The predicted molar refractivity (Wildman–Crippen MR) is 109 cm³/mol. The highest BCUT2D eigenvalue weighted by Gasteiger charge is 2.19. The van der Waals surface area contributed by atoms with Crippen LogP contribution in [-0.2, 0) is 14.3 Å². The Labute approximate surface area is 172 Å². The summed E-state index contributed by atoms with van der Waals surface area (Å²) in [6.45, 7) is 4.83. The van der Waals surface area contributed by atoms with E-state index >= 15 is 0 Å². The molecular weight excluding hydrogens is 374 g/mol. The first-order chi connectivity index (χ1) is 13.8. The van der Waals surface area contributed by atoms with Crippen molar-refractivity contribution in [1.82, 2.24) is 10.2 Å².